The molecule has 2 aliphatic carbocycles. The molecule has 238 valence electrons. The summed E-state index contributed by atoms with van der Waals surface area (Å²) in [4.78, 5) is 85.4. The van der Waals surface area contributed by atoms with E-state index in [0.29, 0.717) is 10.8 Å². The Morgan fingerprint density at radius 2 is 0.680 bits per heavy atom. The minimum atomic E-state index is -0.609. The van der Waals surface area contributed by atoms with Crippen molar-refractivity contribution in [3.63, 3.8) is 0 Å². The molecule has 0 radical (unpaired) electrons. The Kier molecular flexibility index (Phi) is 7.42. The summed E-state index contributed by atoms with van der Waals surface area (Å²) in [6, 6.07) is 37.6. The van der Waals surface area contributed by atoms with E-state index in [0.717, 1.165) is 10.8 Å². The predicted octanol–water partition coefficient (Wildman–Crippen LogP) is 8.59. The van der Waals surface area contributed by atoms with E-state index in [9.17, 15) is 28.8 Å². The minimum absolute atomic E-state index is 0.0600. The summed E-state index contributed by atoms with van der Waals surface area (Å²) < 4.78 is 0. The summed E-state index contributed by atoms with van der Waals surface area (Å²) in [5, 5.41) is 2.84. The van der Waals surface area contributed by atoms with Crippen LogP contribution in [0, 0.1) is 0 Å². The lowest BCUT2D eigenvalue weighted by Crippen LogP contribution is -2.29. The lowest BCUT2D eigenvalue weighted by Gasteiger charge is -2.23. The van der Waals surface area contributed by atoms with Crippen molar-refractivity contribution >= 4 is 56.2 Å². The number of ketones is 6. The first-order chi connectivity index (χ1) is 24.3. The van der Waals surface area contributed by atoms with Gasteiger partial charge in [-0.1, -0.05) is 133 Å². The van der Waals surface area contributed by atoms with Gasteiger partial charge in [-0.15, -0.1) is 0 Å². The molecular weight excluding hydrogens is 624 g/mol. The fraction of sp³-hybridized carbons (Fsp3) is 0.0455. The third kappa shape index (κ3) is 4.80. The minimum Gasteiger partial charge on any atom is -0.289 e. The third-order valence-electron chi connectivity index (χ3n) is 9.59. The fourth-order valence-corrected chi connectivity index (χ4v) is 7.18. The largest absolute Gasteiger partial charge is 0.289 e. The lowest BCUT2D eigenvalue weighted by molar-refractivity contribution is 0.0917. The molecule has 0 fully saturated rings. The maximum absolute atomic E-state index is 14.4. The summed E-state index contributed by atoms with van der Waals surface area (Å²) in [5.74, 6) is -3.43. The molecule has 0 spiro atoms. The first-order valence-electron chi connectivity index (χ1n) is 16.2. The molecule has 6 aromatic carbocycles. The average Bonchev–Trinajstić information content (AvgIpc) is 3.16. The van der Waals surface area contributed by atoms with Crippen LogP contribution in [-0.4, -0.2) is 34.7 Å². The summed E-state index contributed by atoms with van der Waals surface area (Å²) in [7, 11) is 0. The van der Waals surface area contributed by atoms with E-state index in [1.807, 2.05) is 36.4 Å². The van der Waals surface area contributed by atoms with Gasteiger partial charge in [0.25, 0.3) is 0 Å². The van der Waals surface area contributed by atoms with Crippen molar-refractivity contribution in [3.8, 4) is 0 Å². The molecule has 0 aliphatic heterocycles. The summed E-state index contributed by atoms with van der Waals surface area (Å²) in [6.45, 7) is 0. The van der Waals surface area contributed by atoms with Crippen LogP contribution in [0.2, 0.25) is 0 Å². The highest BCUT2D eigenvalue weighted by atomic mass is 16.2. The van der Waals surface area contributed by atoms with Crippen LogP contribution < -0.4 is 0 Å². The van der Waals surface area contributed by atoms with Gasteiger partial charge in [0, 0.05) is 44.5 Å². The number of allylic oxidation sites excluding steroid dienone is 4. The molecule has 0 atom stereocenters. The number of rotatable bonds is 7. The van der Waals surface area contributed by atoms with Crippen LogP contribution in [0.3, 0.4) is 0 Å². The van der Waals surface area contributed by atoms with E-state index in [-0.39, 0.29) is 68.5 Å². The Morgan fingerprint density at radius 3 is 1.08 bits per heavy atom. The Balaban J connectivity index is 1.29. The maximum atomic E-state index is 14.4. The molecular formula is C44H26O6. The van der Waals surface area contributed by atoms with Gasteiger partial charge >= 0.3 is 0 Å². The van der Waals surface area contributed by atoms with Gasteiger partial charge in [0.15, 0.2) is 34.7 Å². The summed E-state index contributed by atoms with van der Waals surface area (Å²) in [5.41, 5.74) is 0.400. The number of Topliss-reactive ketones (excluding diaryl/α,β-unsaturated/α-hetero) is 6. The Labute approximate surface area is 286 Å². The molecule has 0 aromatic heterocycles. The third-order valence-corrected chi connectivity index (χ3v) is 9.59. The highest BCUT2D eigenvalue weighted by Gasteiger charge is 2.39. The van der Waals surface area contributed by atoms with Gasteiger partial charge < -0.3 is 0 Å². The molecule has 6 nitrogen and oxygen atoms in total. The topological polar surface area (TPSA) is 102 Å². The maximum Gasteiger partial charge on any atom is 0.198 e. The standard InChI is InChI=1S/C44H26O6/c45-39-31-17-5-7-19-33(31)43(49)37(41(47)29-21-9-13-25-11-1-3-15-27(25)29)35(39)23-24-36-38(44(50)34-20-8-6-18-32(34)40(36)46)42(48)30-22-10-14-26-12-2-4-16-28(26)30/h1-22H,23-24H2. The highest BCUT2D eigenvalue weighted by molar-refractivity contribution is 6.42. The number of carbonyl (C=O) groups excluding carboxylic acids is 6. The van der Waals surface area contributed by atoms with Crippen LogP contribution >= 0.6 is 0 Å². The SMILES string of the molecule is O=C1C(CCC2=C(C(=O)c3cccc4ccccc34)C(=O)c3ccccc3C2=O)=C(C(=O)c2cccc3ccccc23)C(=O)c2ccccc21. The second-order valence-electron chi connectivity index (χ2n) is 12.3. The molecule has 0 heterocycles. The van der Waals surface area contributed by atoms with Crippen LogP contribution in [0.15, 0.2) is 156 Å². The van der Waals surface area contributed by atoms with E-state index >= 15 is 0 Å². The number of fused-ring (bicyclic) bond motifs is 4. The van der Waals surface area contributed by atoms with E-state index in [2.05, 4.69) is 0 Å². The van der Waals surface area contributed by atoms with E-state index in [1.165, 1.54) is 24.3 Å². The second-order valence-corrected chi connectivity index (χ2v) is 12.3. The van der Waals surface area contributed by atoms with Gasteiger partial charge in [0.2, 0.25) is 0 Å². The monoisotopic (exact) mass is 650 g/mol. The number of carbonyl (C=O) groups is 6. The van der Waals surface area contributed by atoms with Crippen LogP contribution in [0.25, 0.3) is 21.5 Å². The number of hydrogen-bond acceptors (Lipinski definition) is 6. The van der Waals surface area contributed by atoms with Gasteiger partial charge in [0.1, 0.15) is 0 Å². The van der Waals surface area contributed by atoms with Gasteiger partial charge in [-0.2, -0.15) is 0 Å². The molecule has 6 heteroatoms. The molecule has 50 heavy (non-hydrogen) atoms. The van der Waals surface area contributed by atoms with Crippen molar-refractivity contribution in [2.24, 2.45) is 0 Å². The zero-order chi connectivity index (χ0) is 34.5. The average molecular weight is 651 g/mol. The molecule has 0 N–H and O–H groups in total. The normalized spacial score (nSPS) is 14.3. The smallest absolute Gasteiger partial charge is 0.198 e. The van der Waals surface area contributed by atoms with E-state index < -0.39 is 34.7 Å². The van der Waals surface area contributed by atoms with Crippen LogP contribution in [0.1, 0.15) is 75.0 Å². The Bertz CT molecular complexity index is 2410. The zero-order valence-corrected chi connectivity index (χ0v) is 26.6. The molecule has 6 aromatic rings. The molecule has 0 saturated carbocycles. The zero-order valence-electron chi connectivity index (χ0n) is 26.6. The number of hydrogen-bond donors (Lipinski definition) is 0. The van der Waals surface area contributed by atoms with E-state index in [4.69, 9.17) is 0 Å². The van der Waals surface area contributed by atoms with Gasteiger partial charge in [-0.25, -0.2) is 0 Å². The first kappa shape index (κ1) is 30.7. The van der Waals surface area contributed by atoms with Crippen LogP contribution in [-0.2, 0) is 0 Å². The van der Waals surface area contributed by atoms with Crippen molar-refractivity contribution in [2.75, 3.05) is 0 Å². The second kappa shape index (κ2) is 12.1. The van der Waals surface area contributed by atoms with Crippen molar-refractivity contribution < 1.29 is 28.8 Å². The lowest BCUT2D eigenvalue weighted by atomic mass is 9.76. The van der Waals surface area contributed by atoms with Crippen LogP contribution in [0.5, 0.6) is 0 Å². The van der Waals surface area contributed by atoms with Crippen molar-refractivity contribution in [2.45, 2.75) is 12.8 Å². The van der Waals surface area contributed by atoms with Crippen molar-refractivity contribution in [3.05, 3.63) is 189 Å². The molecule has 0 saturated heterocycles. The highest BCUT2D eigenvalue weighted by Crippen LogP contribution is 2.37. The quantitative estimate of drug-likeness (QED) is 0.127. The summed E-state index contributed by atoms with van der Waals surface area (Å²) >= 11 is 0. The van der Waals surface area contributed by atoms with Crippen LogP contribution in [0.4, 0.5) is 0 Å². The molecule has 0 unspecified atom stereocenters. The van der Waals surface area contributed by atoms with Gasteiger partial charge in [0.05, 0.1) is 11.1 Å². The van der Waals surface area contributed by atoms with Gasteiger partial charge in [-0.05, 0) is 34.4 Å². The number of benzene rings is 6. The predicted molar refractivity (Wildman–Crippen MR) is 190 cm³/mol. The van der Waals surface area contributed by atoms with E-state index in [1.54, 1.807) is 72.8 Å². The summed E-state index contributed by atoms with van der Waals surface area (Å²) in [6.07, 6.45) is -0.457. The fourth-order valence-electron chi connectivity index (χ4n) is 7.18. The molecule has 0 amide bonds. The molecule has 8 rings (SSSR count). The molecule has 0 bridgehead atoms. The van der Waals surface area contributed by atoms with Crippen molar-refractivity contribution in [1.29, 1.82) is 0 Å². The molecule has 2 aliphatic rings. The van der Waals surface area contributed by atoms with Crippen molar-refractivity contribution in [1.82, 2.24) is 0 Å². The van der Waals surface area contributed by atoms with Gasteiger partial charge in [-0.3, -0.25) is 28.8 Å². The first-order valence-corrected chi connectivity index (χ1v) is 16.2. The Morgan fingerprint density at radius 1 is 0.360 bits per heavy atom. The Hall–Kier alpha value is -6.66.